The summed E-state index contributed by atoms with van der Waals surface area (Å²) < 4.78 is 6.01. The molecule has 0 radical (unpaired) electrons. The molecule has 1 aliphatic rings. The second-order valence-corrected chi connectivity index (χ2v) is 6.52. The molecule has 1 aromatic heterocycles. The number of nitrogens with two attached hydrogens (primary N) is 1. The second kappa shape index (κ2) is 5.20. The van der Waals surface area contributed by atoms with Gasteiger partial charge in [0.25, 0.3) is 5.56 Å². The molecular weight excluding hydrogens is 254 g/mol. The van der Waals surface area contributed by atoms with Gasteiger partial charge in [-0.1, -0.05) is 13.8 Å². The number of anilines is 1. The van der Waals surface area contributed by atoms with Crippen molar-refractivity contribution in [2.75, 3.05) is 12.3 Å². The Morgan fingerprint density at radius 1 is 1.30 bits per heavy atom. The van der Waals surface area contributed by atoms with Gasteiger partial charge in [-0.15, -0.1) is 0 Å². The van der Waals surface area contributed by atoms with Crippen molar-refractivity contribution in [3.8, 4) is 0 Å². The topological polar surface area (TPSA) is 81.0 Å². The van der Waals surface area contributed by atoms with Crippen LogP contribution in [0.2, 0.25) is 0 Å². The number of H-pyrrole nitrogens is 1. The molecule has 5 heteroatoms. The molecule has 0 aromatic carbocycles. The van der Waals surface area contributed by atoms with Gasteiger partial charge < -0.3 is 15.5 Å². The van der Waals surface area contributed by atoms with Gasteiger partial charge in [0.2, 0.25) is 0 Å². The highest BCUT2D eigenvalue weighted by atomic mass is 16.5. The van der Waals surface area contributed by atoms with E-state index in [1.807, 2.05) is 6.92 Å². The van der Waals surface area contributed by atoms with Crippen molar-refractivity contribution in [3.05, 3.63) is 21.7 Å². The lowest BCUT2D eigenvalue weighted by atomic mass is 9.70. The lowest BCUT2D eigenvalue weighted by Crippen LogP contribution is -2.40. The van der Waals surface area contributed by atoms with E-state index in [0.29, 0.717) is 29.2 Å². The third kappa shape index (κ3) is 2.73. The largest absolute Gasteiger partial charge is 0.383 e. The van der Waals surface area contributed by atoms with Crippen LogP contribution in [0, 0.1) is 12.3 Å². The van der Waals surface area contributed by atoms with Crippen LogP contribution in [0.15, 0.2) is 4.79 Å². The number of nitrogens with zero attached hydrogens (tertiary/aromatic N) is 1. The number of nitrogen functional groups attached to an aromatic ring is 1. The zero-order valence-corrected chi connectivity index (χ0v) is 12.9. The lowest BCUT2D eigenvalue weighted by Gasteiger charge is -2.42. The van der Waals surface area contributed by atoms with Crippen molar-refractivity contribution in [1.82, 2.24) is 9.97 Å². The van der Waals surface area contributed by atoms with Crippen LogP contribution < -0.4 is 11.3 Å². The van der Waals surface area contributed by atoms with Gasteiger partial charge in [0, 0.05) is 6.61 Å². The quantitative estimate of drug-likeness (QED) is 0.890. The molecule has 1 saturated carbocycles. The van der Waals surface area contributed by atoms with Crippen molar-refractivity contribution in [3.63, 3.8) is 0 Å². The van der Waals surface area contributed by atoms with E-state index in [2.05, 4.69) is 23.8 Å². The predicted octanol–water partition coefficient (Wildman–Crippen LogP) is 2.49. The molecule has 0 unspecified atom stereocenters. The van der Waals surface area contributed by atoms with Crippen LogP contribution in [0.4, 0.5) is 5.82 Å². The molecule has 0 amide bonds. The van der Waals surface area contributed by atoms with Gasteiger partial charge in [-0.25, -0.2) is 4.98 Å². The average Bonchev–Trinajstić information content (AvgIpc) is 2.38. The minimum absolute atomic E-state index is 0.170. The van der Waals surface area contributed by atoms with Crippen LogP contribution in [0.1, 0.15) is 57.8 Å². The van der Waals surface area contributed by atoms with Gasteiger partial charge in [0.15, 0.2) is 0 Å². The van der Waals surface area contributed by atoms with Gasteiger partial charge in [0.1, 0.15) is 17.2 Å². The van der Waals surface area contributed by atoms with Crippen molar-refractivity contribution in [2.45, 2.75) is 59.0 Å². The molecule has 2 rings (SSSR count). The van der Waals surface area contributed by atoms with Crippen molar-refractivity contribution in [1.29, 1.82) is 0 Å². The molecular formula is C15H25N3O2. The minimum Gasteiger partial charge on any atom is -0.383 e. The highest BCUT2D eigenvalue weighted by Gasteiger charge is 2.42. The van der Waals surface area contributed by atoms with Crippen molar-refractivity contribution < 1.29 is 4.74 Å². The Balaban J connectivity index is 2.42. The van der Waals surface area contributed by atoms with Crippen LogP contribution >= 0.6 is 0 Å². The summed E-state index contributed by atoms with van der Waals surface area (Å²) in [5.74, 6) is 0.885. The van der Waals surface area contributed by atoms with E-state index in [4.69, 9.17) is 10.5 Å². The van der Waals surface area contributed by atoms with Gasteiger partial charge in [-0.2, -0.15) is 0 Å². The SMILES string of the molecule is CCOC1(c2nc(N)c(C)c(=O)[nH]2)CCC(C)(C)CC1. The fourth-order valence-electron chi connectivity index (χ4n) is 2.82. The van der Waals surface area contributed by atoms with Crippen LogP contribution in [-0.4, -0.2) is 16.6 Å². The van der Waals surface area contributed by atoms with Gasteiger partial charge in [0.05, 0.1) is 5.56 Å². The number of hydrogen-bond acceptors (Lipinski definition) is 4. The summed E-state index contributed by atoms with van der Waals surface area (Å²) in [7, 11) is 0. The monoisotopic (exact) mass is 279 g/mol. The Hall–Kier alpha value is -1.36. The Kier molecular flexibility index (Phi) is 3.91. The molecule has 20 heavy (non-hydrogen) atoms. The standard InChI is InChI=1S/C15H25N3O2/c1-5-20-15(8-6-14(3,4)7-9-15)13-17-11(16)10(2)12(19)18-13/h5-9H2,1-4H3,(H3,16,17,18,19). The first-order valence-corrected chi connectivity index (χ1v) is 7.30. The van der Waals surface area contributed by atoms with Crippen LogP contribution in [-0.2, 0) is 10.3 Å². The molecule has 1 fully saturated rings. The molecule has 0 atom stereocenters. The molecule has 112 valence electrons. The maximum absolute atomic E-state index is 11.9. The molecule has 0 saturated heterocycles. The maximum atomic E-state index is 11.9. The smallest absolute Gasteiger partial charge is 0.255 e. The fraction of sp³-hybridized carbons (Fsp3) is 0.733. The molecule has 5 nitrogen and oxygen atoms in total. The Morgan fingerprint density at radius 2 is 1.90 bits per heavy atom. The predicted molar refractivity (Wildman–Crippen MR) is 79.6 cm³/mol. The summed E-state index contributed by atoms with van der Waals surface area (Å²) in [5.41, 5.74) is 5.97. The van der Waals surface area contributed by atoms with Crippen LogP contribution in [0.5, 0.6) is 0 Å². The summed E-state index contributed by atoms with van der Waals surface area (Å²) in [4.78, 5) is 19.2. The van der Waals surface area contributed by atoms with E-state index in [9.17, 15) is 4.79 Å². The normalized spacial score (nSPS) is 20.8. The van der Waals surface area contributed by atoms with E-state index >= 15 is 0 Å². The fourth-order valence-corrected chi connectivity index (χ4v) is 2.82. The second-order valence-electron chi connectivity index (χ2n) is 6.52. The van der Waals surface area contributed by atoms with Gasteiger partial charge >= 0.3 is 0 Å². The molecule has 1 aliphatic carbocycles. The Labute approximate surface area is 119 Å². The van der Waals surface area contributed by atoms with E-state index in [-0.39, 0.29) is 5.56 Å². The first-order chi connectivity index (χ1) is 9.30. The molecule has 3 N–H and O–H groups in total. The zero-order valence-electron chi connectivity index (χ0n) is 12.9. The van der Waals surface area contributed by atoms with Crippen LogP contribution in [0.25, 0.3) is 0 Å². The van der Waals surface area contributed by atoms with E-state index in [1.165, 1.54) is 0 Å². The number of nitrogens with one attached hydrogen (secondary N) is 1. The molecule has 1 heterocycles. The molecule has 0 spiro atoms. The minimum atomic E-state index is -0.495. The Morgan fingerprint density at radius 3 is 2.40 bits per heavy atom. The lowest BCUT2D eigenvalue weighted by molar-refractivity contribution is -0.0948. The summed E-state index contributed by atoms with van der Waals surface area (Å²) in [6.07, 6.45) is 3.81. The first-order valence-electron chi connectivity index (χ1n) is 7.30. The third-order valence-electron chi connectivity index (χ3n) is 4.45. The van der Waals surface area contributed by atoms with Crippen molar-refractivity contribution in [2.24, 2.45) is 5.41 Å². The first kappa shape index (κ1) is 15.0. The molecule has 0 aliphatic heterocycles. The highest BCUT2D eigenvalue weighted by molar-refractivity contribution is 5.37. The summed E-state index contributed by atoms with van der Waals surface area (Å²) in [6, 6.07) is 0. The number of aromatic nitrogens is 2. The van der Waals surface area contributed by atoms with E-state index < -0.39 is 5.60 Å². The number of ether oxygens (including phenoxy) is 1. The number of aromatic amines is 1. The highest BCUT2D eigenvalue weighted by Crippen LogP contribution is 2.46. The third-order valence-corrected chi connectivity index (χ3v) is 4.45. The number of hydrogen-bond donors (Lipinski definition) is 2. The van der Waals surface area contributed by atoms with Crippen LogP contribution in [0.3, 0.4) is 0 Å². The van der Waals surface area contributed by atoms with Gasteiger partial charge in [-0.3, -0.25) is 4.79 Å². The number of rotatable bonds is 3. The Bertz CT molecular complexity index is 539. The summed E-state index contributed by atoms with van der Waals surface area (Å²) >= 11 is 0. The average molecular weight is 279 g/mol. The zero-order chi connectivity index (χ0) is 15.0. The van der Waals surface area contributed by atoms with Gasteiger partial charge in [-0.05, 0) is 44.9 Å². The molecule has 1 aromatic rings. The van der Waals surface area contributed by atoms with Crippen molar-refractivity contribution >= 4 is 5.82 Å². The maximum Gasteiger partial charge on any atom is 0.255 e. The van der Waals surface area contributed by atoms with E-state index in [1.54, 1.807) is 6.92 Å². The summed E-state index contributed by atoms with van der Waals surface area (Å²) in [5, 5.41) is 0. The summed E-state index contributed by atoms with van der Waals surface area (Å²) in [6.45, 7) is 8.78. The van der Waals surface area contributed by atoms with E-state index in [0.717, 1.165) is 25.7 Å². The molecule has 0 bridgehead atoms.